The van der Waals surface area contributed by atoms with E-state index in [1.54, 1.807) is 10.9 Å². The zero-order valence-corrected chi connectivity index (χ0v) is 9.25. The van der Waals surface area contributed by atoms with Crippen molar-refractivity contribution < 1.29 is 14.7 Å². The zero-order chi connectivity index (χ0) is 11.9. The average molecular weight is 222 g/mol. The number of carboxylic acid groups (broad SMARTS) is 1. The summed E-state index contributed by atoms with van der Waals surface area (Å²) in [5, 5.41) is 12.8. The Morgan fingerprint density at radius 1 is 1.50 bits per heavy atom. The number of hydrogen-bond acceptors (Lipinski definition) is 3. The first-order valence-corrected chi connectivity index (χ1v) is 5.32. The lowest BCUT2D eigenvalue weighted by Gasteiger charge is -2.02. The van der Waals surface area contributed by atoms with Gasteiger partial charge in [-0.25, -0.2) is 0 Å². The summed E-state index contributed by atoms with van der Waals surface area (Å²) in [5.41, 5.74) is 0.516. The van der Waals surface area contributed by atoms with Gasteiger partial charge in [0.15, 0.2) is 5.78 Å². The molecule has 1 N–H and O–H groups in total. The standard InChI is InChI=1S/C11H14N2O3/c1-6(2)13-5-7(4-12-13)10(14)8-3-9(8)11(15)16/h4-6,8-9H,3H2,1-2H3,(H,15,16). The molecule has 0 amide bonds. The predicted octanol–water partition coefficient (Wildman–Crippen LogP) is 1.37. The monoisotopic (exact) mass is 222 g/mol. The van der Waals surface area contributed by atoms with E-state index in [4.69, 9.17) is 5.11 Å². The number of Topliss-reactive ketones (excluding diaryl/α,β-unsaturated/α-hetero) is 1. The number of aromatic nitrogens is 2. The first-order valence-electron chi connectivity index (χ1n) is 5.32. The maximum atomic E-state index is 11.8. The van der Waals surface area contributed by atoms with Gasteiger partial charge in [0, 0.05) is 18.2 Å². The molecule has 5 nitrogen and oxygen atoms in total. The lowest BCUT2D eigenvalue weighted by Crippen LogP contribution is -2.07. The summed E-state index contributed by atoms with van der Waals surface area (Å²) in [6, 6.07) is 0.205. The lowest BCUT2D eigenvalue weighted by molar-refractivity contribution is -0.138. The third-order valence-corrected chi connectivity index (χ3v) is 2.86. The molecular weight excluding hydrogens is 208 g/mol. The first-order chi connectivity index (χ1) is 7.50. The molecule has 0 radical (unpaired) electrons. The molecular formula is C11H14N2O3. The molecule has 86 valence electrons. The number of aliphatic carboxylic acids is 1. The second kappa shape index (κ2) is 3.73. The smallest absolute Gasteiger partial charge is 0.307 e. The second-order valence-electron chi connectivity index (χ2n) is 4.45. The number of ketones is 1. The van der Waals surface area contributed by atoms with Gasteiger partial charge in [0.2, 0.25) is 0 Å². The molecule has 1 aromatic rings. The molecule has 1 aliphatic rings. The van der Waals surface area contributed by atoms with Crippen molar-refractivity contribution in [1.82, 2.24) is 9.78 Å². The molecule has 0 aromatic carbocycles. The maximum absolute atomic E-state index is 11.8. The largest absolute Gasteiger partial charge is 0.481 e. The average Bonchev–Trinajstić information content (AvgIpc) is 2.86. The van der Waals surface area contributed by atoms with Gasteiger partial charge in [-0.2, -0.15) is 5.10 Å². The summed E-state index contributed by atoms with van der Waals surface area (Å²) in [6.07, 6.45) is 3.66. The van der Waals surface area contributed by atoms with Gasteiger partial charge in [0.05, 0.1) is 17.7 Å². The quantitative estimate of drug-likeness (QED) is 0.781. The summed E-state index contributed by atoms with van der Waals surface area (Å²) in [7, 11) is 0. The Kier molecular flexibility index (Phi) is 2.53. The van der Waals surface area contributed by atoms with Gasteiger partial charge in [-0.3, -0.25) is 14.3 Å². The topological polar surface area (TPSA) is 72.2 Å². The van der Waals surface area contributed by atoms with Crippen LogP contribution in [0.15, 0.2) is 12.4 Å². The Morgan fingerprint density at radius 2 is 2.19 bits per heavy atom. The Bertz CT molecular complexity index is 436. The summed E-state index contributed by atoms with van der Waals surface area (Å²) in [5.74, 6) is -1.81. The van der Waals surface area contributed by atoms with Crippen LogP contribution >= 0.6 is 0 Å². The maximum Gasteiger partial charge on any atom is 0.307 e. The van der Waals surface area contributed by atoms with Crippen LogP contribution in [-0.2, 0) is 4.79 Å². The van der Waals surface area contributed by atoms with E-state index in [9.17, 15) is 9.59 Å². The molecule has 1 aromatic heterocycles. The van der Waals surface area contributed by atoms with Gasteiger partial charge < -0.3 is 5.11 Å². The summed E-state index contributed by atoms with van der Waals surface area (Å²) >= 11 is 0. The van der Waals surface area contributed by atoms with E-state index in [2.05, 4.69) is 5.10 Å². The van der Waals surface area contributed by atoms with Gasteiger partial charge in [0.1, 0.15) is 0 Å². The van der Waals surface area contributed by atoms with E-state index in [1.807, 2.05) is 13.8 Å². The fourth-order valence-corrected chi connectivity index (χ4v) is 1.72. The molecule has 0 bridgehead atoms. The molecule has 0 spiro atoms. The van der Waals surface area contributed by atoms with E-state index < -0.39 is 11.9 Å². The number of hydrogen-bond donors (Lipinski definition) is 1. The zero-order valence-electron chi connectivity index (χ0n) is 9.25. The molecule has 0 aliphatic heterocycles. The third-order valence-electron chi connectivity index (χ3n) is 2.86. The van der Waals surface area contributed by atoms with Crippen molar-refractivity contribution in [3.05, 3.63) is 18.0 Å². The van der Waals surface area contributed by atoms with E-state index in [1.165, 1.54) is 6.20 Å². The lowest BCUT2D eigenvalue weighted by atomic mass is 10.1. The minimum Gasteiger partial charge on any atom is -0.481 e. The van der Waals surface area contributed by atoms with Crippen molar-refractivity contribution in [2.45, 2.75) is 26.3 Å². The minimum atomic E-state index is -0.880. The Hall–Kier alpha value is -1.65. The third kappa shape index (κ3) is 1.85. The Labute approximate surface area is 93.1 Å². The van der Waals surface area contributed by atoms with Crippen LogP contribution in [0.5, 0.6) is 0 Å². The molecule has 1 aliphatic carbocycles. The van der Waals surface area contributed by atoms with Crippen molar-refractivity contribution in [3.8, 4) is 0 Å². The van der Waals surface area contributed by atoms with E-state index in [0.29, 0.717) is 12.0 Å². The number of carboxylic acids is 1. The fraction of sp³-hybridized carbons (Fsp3) is 0.545. The SMILES string of the molecule is CC(C)n1cc(C(=O)C2CC2C(=O)O)cn1. The number of rotatable bonds is 4. The van der Waals surface area contributed by atoms with E-state index in [-0.39, 0.29) is 17.7 Å². The van der Waals surface area contributed by atoms with Crippen molar-refractivity contribution >= 4 is 11.8 Å². The summed E-state index contributed by atoms with van der Waals surface area (Å²) in [6.45, 7) is 3.94. The van der Waals surface area contributed by atoms with Gasteiger partial charge in [-0.15, -0.1) is 0 Å². The van der Waals surface area contributed by atoms with Crippen molar-refractivity contribution in [2.75, 3.05) is 0 Å². The van der Waals surface area contributed by atoms with Crippen LogP contribution in [0.2, 0.25) is 0 Å². The van der Waals surface area contributed by atoms with Crippen molar-refractivity contribution in [2.24, 2.45) is 11.8 Å². The van der Waals surface area contributed by atoms with Crippen LogP contribution < -0.4 is 0 Å². The highest BCUT2D eigenvalue weighted by Gasteiger charge is 2.48. The van der Waals surface area contributed by atoms with Crippen molar-refractivity contribution in [3.63, 3.8) is 0 Å². The van der Waals surface area contributed by atoms with Crippen LogP contribution in [0.3, 0.4) is 0 Å². The molecule has 2 unspecified atom stereocenters. The minimum absolute atomic E-state index is 0.0979. The molecule has 16 heavy (non-hydrogen) atoms. The predicted molar refractivity (Wildman–Crippen MR) is 56.2 cm³/mol. The van der Waals surface area contributed by atoms with Crippen LogP contribution in [0.1, 0.15) is 36.7 Å². The van der Waals surface area contributed by atoms with Crippen LogP contribution in [0.4, 0.5) is 0 Å². The summed E-state index contributed by atoms with van der Waals surface area (Å²) in [4.78, 5) is 22.5. The molecule has 1 heterocycles. The normalized spacial score (nSPS) is 23.4. The van der Waals surface area contributed by atoms with Gasteiger partial charge in [-0.1, -0.05) is 0 Å². The van der Waals surface area contributed by atoms with E-state index >= 15 is 0 Å². The highest BCUT2D eigenvalue weighted by Crippen LogP contribution is 2.41. The number of carbonyl (C=O) groups excluding carboxylic acids is 1. The fourth-order valence-electron chi connectivity index (χ4n) is 1.72. The van der Waals surface area contributed by atoms with Gasteiger partial charge in [0.25, 0.3) is 0 Å². The molecule has 2 rings (SSSR count). The highest BCUT2D eigenvalue weighted by molar-refractivity contribution is 6.02. The first kappa shape index (κ1) is 10.9. The molecule has 2 atom stereocenters. The van der Waals surface area contributed by atoms with Crippen LogP contribution in [0, 0.1) is 11.8 Å². The van der Waals surface area contributed by atoms with Crippen LogP contribution in [-0.4, -0.2) is 26.6 Å². The van der Waals surface area contributed by atoms with Crippen LogP contribution in [0.25, 0.3) is 0 Å². The summed E-state index contributed by atoms with van der Waals surface area (Å²) < 4.78 is 1.70. The van der Waals surface area contributed by atoms with E-state index in [0.717, 1.165) is 0 Å². The molecule has 1 saturated carbocycles. The Balaban J connectivity index is 2.08. The molecule has 5 heteroatoms. The number of nitrogens with zero attached hydrogens (tertiary/aromatic N) is 2. The highest BCUT2D eigenvalue weighted by atomic mass is 16.4. The number of carbonyl (C=O) groups is 2. The van der Waals surface area contributed by atoms with Gasteiger partial charge in [-0.05, 0) is 20.3 Å². The molecule has 0 saturated heterocycles. The Morgan fingerprint density at radius 3 is 2.62 bits per heavy atom. The molecule has 1 fully saturated rings. The van der Waals surface area contributed by atoms with Crippen molar-refractivity contribution in [1.29, 1.82) is 0 Å². The second-order valence-corrected chi connectivity index (χ2v) is 4.45. The van der Waals surface area contributed by atoms with Gasteiger partial charge >= 0.3 is 5.97 Å².